The van der Waals surface area contributed by atoms with Crippen molar-refractivity contribution in [2.45, 2.75) is 6.92 Å². The van der Waals surface area contributed by atoms with Gasteiger partial charge in [0.05, 0.1) is 5.02 Å². The van der Waals surface area contributed by atoms with Gasteiger partial charge in [0.2, 0.25) is 0 Å². The van der Waals surface area contributed by atoms with Gasteiger partial charge < -0.3 is 10.1 Å². The molecule has 2 rings (SSSR count). The predicted molar refractivity (Wildman–Crippen MR) is 86.1 cm³/mol. The topological polar surface area (TPSA) is 38.3 Å². The van der Waals surface area contributed by atoms with Gasteiger partial charge in [-0.05, 0) is 48.9 Å². The van der Waals surface area contributed by atoms with Crippen LogP contribution in [0.4, 0.5) is 10.1 Å². The molecule has 1 N–H and O–H groups in total. The third-order valence-electron chi connectivity index (χ3n) is 2.76. The monoisotopic (exact) mass is 319 g/mol. The van der Waals surface area contributed by atoms with Crippen molar-refractivity contribution >= 4 is 23.2 Å². The Bertz CT molecular complexity index is 716. The number of rotatable bonds is 5. The smallest absolute Gasteiger partial charge is 0.255 e. The van der Waals surface area contributed by atoms with Gasteiger partial charge in [0, 0.05) is 11.3 Å². The van der Waals surface area contributed by atoms with E-state index >= 15 is 0 Å². The minimum absolute atomic E-state index is 0.0451. The van der Waals surface area contributed by atoms with E-state index in [1.165, 1.54) is 18.2 Å². The van der Waals surface area contributed by atoms with E-state index in [4.69, 9.17) is 16.3 Å². The average Bonchev–Trinajstić information content (AvgIpc) is 2.49. The van der Waals surface area contributed by atoms with Crippen molar-refractivity contribution in [1.29, 1.82) is 0 Å². The third-order valence-corrected chi connectivity index (χ3v) is 3.05. The van der Waals surface area contributed by atoms with E-state index in [2.05, 4.69) is 11.9 Å². The fourth-order valence-corrected chi connectivity index (χ4v) is 1.89. The molecule has 114 valence electrons. The fourth-order valence-electron chi connectivity index (χ4n) is 1.71. The van der Waals surface area contributed by atoms with Crippen LogP contribution in [0.25, 0.3) is 0 Å². The highest BCUT2D eigenvalue weighted by Gasteiger charge is 2.09. The van der Waals surface area contributed by atoms with Gasteiger partial charge in [0.1, 0.15) is 18.2 Å². The van der Waals surface area contributed by atoms with Crippen LogP contribution in [0.15, 0.2) is 54.6 Å². The highest BCUT2D eigenvalue weighted by molar-refractivity contribution is 6.31. The predicted octanol–water partition coefficient (Wildman–Crippen LogP) is 4.69. The maximum Gasteiger partial charge on any atom is 0.255 e. The van der Waals surface area contributed by atoms with E-state index in [0.717, 1.165) is 5.57 Å². The molecule has 0 spiro atoms. The summed E-state index contributed by atoms with van der Waals surface area (Å²) in [6, 6.07) is 10.8. The van der Waals surface area contributed by atoms with Crippen molar-refractivity contribution in [3.05, 3.63) is 71.0 Å². The number of carbonyl (C=O) groups is 1. The molecule has 0 aliphatic rings. The van der Waals surface area contributed by atoms with Crippen LogP contribution in [0.5, 0.6) is 5.75 Å². The number of ether oxygens (including phenoxy) is 1. The molecule has 0 unspecified atom stereocenters. The lowest BCUT2D eigenvalue weighted by Crippen LogP contribution is -2.12. The number of anilines is 1. The number of hydrogen-bond acceptors (Lipinski definition) is 2. The van der Waals surface area contributed by atoms with Gasteiger partial charge in [-0.1, -0.05) is 24.2 Å². The molecule has 22 heavy (non-hydrogen) atoms. The van der Waals surface area contributed by atoms with Crippen LogP contribution in [-0.2, 0) is 0 Å². The minimum Gasteiger partial charge on any atom is -0.489 e. The largest absolute Gasteiger partial charge is 0.489 e. The van der Waals surface area contributed by atoms with Crippen molar-refractivity contribution < 1.29 is 13.9 Å². The Kier molecular flexibility index (Phi) is 5.17. The summed E-state index contributed by atoms with van der Waals surface area (Å²) in [5, 5.41) is 2.61. The first-order valence-electron chi connectivity index (χ1n) is 6.59. The Morgan fingerprint density at radius 3 is 2.77 bits per heavy atom. The van der Waals surface area contributed by atoms with Crippen molar-refractivity contribution in [1.82, 2.24) is 0 Å². The van der Waals surface area contributed by atoms with E-state index < -0.39 is 5.82 Å². The Morgan fingerprint density at radius 2 is 2.09 bits per heavy atom. The molecule has 1 amide bonds. The summed E-state index contributed by atoms with van der Waals surface area (Å²) in [7, 11) is 0. The first kappa shape index (κ1) is 16.0. The minimum atomic E-state index is -0.533. The van der Waals surface area contributed by atoms with Gasteiger partial charge >= 0.3 is 0 Å². The first-order chi connectivity index (χ1) is 10.5. The molecule has 0 aliphatic heterocycles. The highest BCUT2D eigenvalue weighted by atomic mass is 35.5. The number of nitrogens with one attached hydrogen (secondary N) is 1. The van der Waals surface area contributed by atoms with Gasteiger partial charge in [-0.25, -0.2) is 4.39 Å². The lowest BCUT2D eigenvalue weighted by Gasteiger charge is -2.09. The molecule has 0 saturated heterocycles. The molecular formula is C17H15ClFNO2. The fraction of sp³-hybridized carbons (Fsp3) is 0.118. The average molecular weight is 320 g/mol. The second-order valence-electron chi connectivity index (χ2n) is 4.86. The Labute approximate surface area is 133 Å². The summed E-state index contributed by atoms with van der Waals surface area (Å²) in [4.78, 5) is 12.2. The molecule has 0 atom stereocenters. The lowest BCUT2D eigenvalue weighted by molar-refractivity contribution is 0.102. The Morgan fingerprint density at radius 1 is 1.32 bits per heavy atom. The molecule has 0 radical (unpaired) electrons. The first-order valence-corrected chi connectivity index (χ1v) is 6.97. The van der Waals surface area contributed by atoms with E-state index in [1.54, 1.807) is 24.3 Å². The summed E-state index contributed by atoms with van der Waals surface area (Å²) < 4.78 is 18.6. The Hall–Kier alpha value is -2.33. The van der Waals surface area contributed by atoms with Crippen LogP contribution >= 0.6 is 11.6 Å². The van der Waals surface area contributed by atoms with E-state index in [1.807, 2.05) is 6.92 Å². The van der Waals surface area contributed by atoms with Crippen LogP contribution in [0, 0.1) is 5.82 Å². The molecule has 2 aromatic carbocycles. The molecule has 3 nitrogen and oxygen atoms in total. The van der Waals surface area contributed by atoms with Crippen LogP contribution in [0.1, 0.15) is 17.3 Å². The van der Waals surface area contributed by atoms with Crippen molar-refractivity contribution in [2.24, 2.45) is 0 Å². The normalized spacial score (nSPS) is 10.1. The SMILES string of the molecule is C=C(C)COc1cccc(C(=O)Nc2ccc(F)c(Cl)c2)c1. The standard InChI is InChI=1S/C17H15ClFNO2/c1-11(2)10-22-14-5-3-4-12(8-14)17(21)20-13-6-7-16(19)15(18)9-13/h3-9H,1,10H2,2H3,(H,20,21). The van der Waals surface area contributed by atoms with Crippen molar-refractivity contribution in [3.8, 4) is 5.75 Å². The van der Waals surface area contributed by atoms with Gasteiger partial charge in [-0.15, -0.1) is 0 Å². The maximum absolute atomic E-state index is 13.1. The molecule has 0 heterocycles. The summed E-state index contributed by atoms with van der Waals surface area (Å²) in [5.74, 6) is -0.286. The molecule has 0 aromatic heterocycles. The summed E-state index contributed by atoms with van der Waals surface area (Å²) in [6.45, 7) is 6.00. The number of hydrogen-bond donors (Lipinski definition) is 1. The molecule has 0 bridgehead atoms. The van der Waals surface area contributed by atoms with E-state index in [9.17, 15) is 9.18 Å². The second kappa shape index (κ2) is 7.09. The van der Waals surface area contributed by atoms with Crippen LogP contribution in [-0.4, -0.2) is 12.5 Å². The summed E-state index contributed by atoms with van der Waals surface area (Å²) in [6.07, 6.45) is 0. The second-order valence-corrected chi connectivity index (χ2v) is 5.26. The molecule has 5 heteroatoms. The van der Waals surface area contributed by atoms with Crippen LogP contribution in [0.3, 0.4) is 0 Å². The molecule has 0 saturated carbocycles. The number of amides is 1. The quantitative estimate of drug-likeness (QED) is 0.812. The number of benzene rings is 2. The zero-order chi connectivity index (χ0) is 16.1. The van der Waals surface area contributed by atoms with Gasteiger partial charge in [-0.3, -0.25) is 4.79 Å². The maximum atomic E-state index is 13.1. The zero-order valence-corrected chi connectivity index (χ0v) is 12.8. The molecule has 2 aromatic rings. The van der Waals surface area contributed by atoms with Crippen molar-refractivity contribution in [2.75, 3.05) is 11.9 Å². The van der Waals surface area contributed by atoms with Gasteiger partial charge in [-0.2, -0.15) is 0 Å². The van der Waals surface area contributed by atoms with Crippen LogP contribution < -0.4 is 10.1 Å². The number of carbonyl (C=O) groups excluding carboxylic acids is 1. The lowest BCUT2D eigenvalue weighted by atomic mass is 10.2. The molecule has 0 aliphatic carbocycles. The van der Waals surface area contributed by atoms with Crippen LogP contribution in [0.2, 0.25) is 5.02 Å². The Balaban J connectivity index is 2.10. The van der Waals surface area contributed by atoms with Crippen molar-refractivity contribution in [3.63, 3.8) is 0 Å². The summed E-state index contributed by atoms with van der Waals surface area (Å²) in [5.41, 5.74) is 1.74. The number of halogens is 2. The van der Waals surface area contributed by atoms with Gasteiger partial charge in [0.25, 0.3) is 5.91 Å². The molecular weight excluding hydrogens is 305 g/mol. The molecule has 0 fully saturated rings. The zero-order valence-electron chi connectivity index (χ0n) is 12.0. The highest BCUT2D eigenvalue weighted by Crippen LogP contribution is 2.21. The third kappa shape index (κ3) is 4.33. The van der Waals surface area contributed by atoms with E-state index in [0.29, 0.717) is 23.6 Å². The van der Waals surface area contributed by atoms with E-state index in [-0.39, 0.29) is 10.9 Å². The summed E-state index contributed by atoms with van der Waals surface area (Å²) >= 11 is 5.68. The van der Waals surface area contributed by atoms with Gasteiger partial charge in [0.15, 0.2) is 0 Å².